The van der Waals surface area contributed by atoms with E-state index in [1.165, 1.54) is 0 Å². The number of nitrogens with two attached hydrogens (primary N) is 1. The third-order valence-electron chi connectivity index (χ3n) is 3.05. The molecule has 1 aromatic rings. The standard InChI is InChI=1S/C14H21N3O2/c1-3-12(9-13(15)17-19)16-14(18)8-11-7-5-4-6-10(11)2/h4-7,12,19H,3,8-9H2,1-2H3,(H2,15,17)(H,16,18). The monoisotopic (exact) mass is 263 g/mol. The fourth-order valence-corrected chi connectivity index (χ4v) is 1.85. The summed E-state index contributed by atoms with van der Waals surface area (Å²) in [6.07, 6.45) is 1.43. The van der Waals surface area contributed by atoms with Gasteiger partial charge in [-0.25, -0.2) is 0 Å². The molecule has 4 N–H and O–H groups in total. The summed E-state index contributed by atoms with van der Waals surface area (Å²) in [4.78, 5) is 11.9. The van der Waals surface area contributed by atoms with Gasteiger partial charge in [0.25, 0.3) is 0 Å². The number of aryl methyl sites for hydroxylation is 1. The van der Waals surface area contributed by atoms with Gasteiger partial charge in [0.15, 0.2) is 0 Å². The minimum atomic E-state index is -0.104. The van der Waals surface area contributed by atoms with E-state index >= 15 is 0 Å². The van der Waals surface area contributed by atoms with Gasteiger partial charge in [-0.2, -0.15) is 0 Å². The summed E-state index contributed by atoms with van der Waals surface area (Å²) < 4.78 is 0. The highest BCUT2D eigenvalue weighted by Gasteiger charge is 2.13. The van der Waals surface area contributed by atoms with Crippen LogP contribution in [-0.2, 0) is 11.2 Å². The van der Waals surface area contributed by atoms with Crippen molar-refractivity contribution in [3.05, 3.63) is 35.4 Å². The van der Waals surface area contributed by atoms with E-state index in [4.69, 9.17) is 10.9 Å². The molecule has 104 valence electrons. The summed E-state index contributed by atoms with van der Waals surface area (Å²) in [6.45, 7) is 3.93. The van der Waals surface area contributed by atoms with E-state index < -0.39 is 0 Å². The van der Waals surface area contributed by atoms with Crippen LogP contribution in [0.15, 0.2) is 29.4 Å². The highest BCUT2D eigenvalue weighted by atomic mass is 16.4. The first-order valence-electron chi connectivity index (χ1n) is 6.37. The van der Waals surface area contributed by atoms with Crippen molar-refractivity contribution in [2.45, 2.75) is 39.2 Å². The Balaban J connectivity index is 2.57. The lowest BCUT2D eigenvalue weighted by Crippen LogP contribution is -2.38. The number of rotatable bonds is 6. The Morgan fingerprint density at radius 1 is 1.47 bits per heavy atom. The topological polar surface area (TPSA) is 87.7 Å². The average molecular weight is 263 g/mol. The van der Waals surface area contributed by atoms with Crippen LogP contribution in [0.1, 0.15) is 30.9 Å². The summed E-state index contributed by atoms with van der Waals surface area (Å²) in [5.41, 5.74) is 7.56. The number of oxime groups is 1. The highest BCUT2D eigenvalue weighted by Crippen LogP contribution is 2.08. The molecule has 0 aliphatic rings. The molecule has 0 bridgehead atoms. The molecule has 0 heterocycles. The lowest BCUT2D eigenvalue weighted by atomic mass is 10.0. The largest absolute Gasteiger partial charge is 0.409 e. The Labute approximate surface area is 113 Å². The second-order valence-electron chi connectivity index (χ2n) is 4.57. The molecule has 0 radical (unpaired) electrons. The second kappa shape index (κ2) is 7.41. The number of hydrogen-bond donors (Lipinski definition) is 3. The molecule has 1 amide bonds. The van der Waals surface area contributed by atoms with Crippen molar-refractivity contribution < 1.29 is 10.0 Å². The van der Waals surface area contributed by atoms with E-state index in [1.54, 1.807) is 0 Å². The quantitative estimate of drug-likeness (QED) is 0.315. The minimum absolute atomic E-state index is 0.0492. The van der Waals surface area contributed by atoms with Crippen LogP contribution in [0.5, 0.6) is 0 Å². The van der Waals surface area contributed by atoms with Gasteiger partial charge in [0.05, 0.1) is 6.42 Å². The predicted octanol–water partition coefficient (Wildman–Crippen LogP) is 1.57. The molecule has 5 nitrogen and oxygen atoms in total. The summed E-state index contributed by atoms with van der Waals surface area (Å²) in [6, 6.07) is 7.69. The number of carbonyl (C=O) groups is 1. The molecule has 0 saturated heterocycles. The van der Waals surface area contributed by atoms with Gasteiger partial charge in [-0.3, -0.25) is 4.79 Å². The first-order chi connectivity index (χ1) is 9.06. The highest BCUT2D eigenvalue weighted by molar-refractivity contribution is 5.82. The van der Waals surface area contributed by atoms with Gasteiger partial charge >= 0.3 is 0 Å². The summed E-state index contributed by atoms with van der Waals surface area (Å²) in [5.74, 6) is 0.0786. The first kappa shape index (κ1) is 15.0. The number of amidine groups is 1. The van der Waals surface area contributed by atoms with E-state index in [-0.39, 0.29) is 17.8 Å². The van der Waals surface area contributed by atoms with Gasteiger partial charge in [0.1, 0.15) is 5.84 Å². The lowest BCUT2D eigenvalue weighted by Gasteiger charge is -2.16. The Morgan fingerprint density at radius 3 is 2.74 bits per heavy atom. The molecule has 1 unspecified atom stereocenters. The molecule has 5 heteroatoms. The molecule has 0 saturated carbocycles. The SMILES string of the molecule is CCC(CC(N)=NO)NC(=O)Cc1ccccc1C. The molecule has 0 aliphatic heterocycles. The lowest BCUT2D eigenvalue weighted by molar-refractivity contribution is -0.121. The van der Waals surface area contributed by atoms with Crippen molar-refractivity contribution in [1.29, 1.82) is 0 Å². The maximum atomic E-state index is 11.9. The number of benzene rings is 1. The average Bonchev–Trinajstić information content (AvgIpc) is 2.40. The smallest absolute Gasteiger partial charge is 0.224 e. The number of nitrogens with one attached hydrogen (secondary N) is 1. The molecule has 0 aliphatic carbocycles. The Bertz CT molecular complexity index is 458. The van der Waals surface area contributed by atoms with Crippen molar-refractivity contribution in [2.75, 3.05) is 0 Å². The molecular formula is C14H21N3O2. The minimum Gasteiger partial charge on any atom is -0.409 e. The molecule has 0 spiro atoms. The maximum absolute atomic E-state index is 11.9. The second-order valence-corrected chi connectivity index (χ2v) is 4.57. The van der Waals surface area contributed by atoms with E-state index in [1.807, 2.05) is 38.1 Å². The van der Waals surface area contributed by atoms with Crippen molar-refractivity contribution >= 4 is 11.7 Å². The summed E-state index contributed by atoms with van der Waals surface area (Å²) >= 11 is 0. The summed E-state index contributed by atoms with van der Waals surface area (Å²) in [5, 5.41) is 14.4. The maximum Gasteiger partial charge on any atom is 0.224 e. The van der Waals surface area contributed by atoms with Crippen LogP contribution in [0, 0.1) is 6.92 Å². The Hall–Kier alpha value is -2.04. The van der Waals surface area contributed by atoms with E-state index in [0.717, 1.165) is 17.5 Å². The van der Waals surface area contributed by atoms with Crippen LogP contribution in [0.25, 0.3) is 0 Å². The van der Waals surface area contributed by atoms with E-state index in [0.29, 0.717) is 12.8 Å². The van der Waals surface area contributed by atoms with Crippen molar-refractivity contribution in [3.63, 3.8) is 0 Å². The van der Waals surface area contributed by atoms with Gasteiger partial charge in [-0.05, 0) is 24.5 Å². The zero-order valence-electron chi connectivity index (χ0n) is 11.4. The van der Waals surface area contributed by atoms with Crippen LogP contribution >= 0.6 is 0 Å². The fraction of sp³-hybridized carbons (Fsp3) is 0.429. The third kappa shape index (κ3) is 4.99. The molecule has 19 heavy (non-hydrogen) atoms. The number of nitrogens with zero attached hydrogens (tertiary/aromatic N) is 1. The van der Waals surface area contributed by atoms with Gasteiger partial charge < -0.3 is 16.3 Å². The van der Waals surface area contributed by atoms with Crippen LogP contribution < -0.4 is 11.1 Å². The molecule has 0 aromatic heterocycles. The summed E-state index contributed by atoms with van der Waals surface area (Å²) in [7, 11) is 0. The van der Waals surface area contributed by atoms with Crippen LogP contribution in [0.2, 0.25) is 0 Å². The normalized spacial score (nSPS) is 13.1. The van der Waals surface area contributed by atoms with Gasteiger partial charge in [-0.15, -0.1) is 0 Å². The van der Waals surface area contributed by atoms with E-state index in [2.05, 4.69) is 10.5 Å². The van der Waals surface area contributed by atoms with Crippen molar-refractivity contribution in [3.8, 4) is 0 Å². The molecule has 1 rings (SSSR count). The molecule has 1 atom stereocenters. The number of carbonyl (C=O) groups excluding carboxylic acids is 1. The molecule has 0 fully saturated rings. The van der Waals surface area contributed by atoms with Crippen molar-refractivity contribution in [1.82, 2.24) is 5.32 Å². The first-order valence-corrected chi connectivity index (χ1v) is 6.37. The Kier molecular flexibility index (Phi) is 5.85. The number of amides is 1. The zero-order valence-corrected chi connectivity index (χ0v) is 11.4. The van der Waals surface area contributed by atoms with Gasteiger partial charge in [-0.1, -0.05) is 36.3 Å². The number of hydrogen-bond acceptors (Lipinski definition) is 3. The van der Waals surface area contributed by atoms with Gasteiger partial charge in [0, 0.05) is 12.5 Å². The molecular weight excluding hydrogens is 242 g/mol. The fourth-order valence-electron chi connectivity index (χ4n) is 1.85. The Morgan fingerprint density at radius 2 is 2.16 bits per heavy atom. The van der Waals surface area contributed by atoms with E-state index in [9.17, 15) is 4.79 Å². The van der Waals surface area contributed by atoms with Crippen LogP contribution in [-0.4, -0.2) is 23.0 Å². The van der Waals surface area contributed by atoms with Crippen LogP contribution in [0.3, 0.4) is 0 Å². The predicted molar refractivity (Wildman–Crippen MR) is 75.1 cm³/mol. The third-order valence-corrected chi connectivity index (χ3v) is 3.05. The zero-order chi connectivity index (χ0) is 14.3. The molecule has 1 aromatic carbocycles. The van der Waals surface area contributed by atoms with Crippen molar-refractivity contribution in [2.24, 2.45) is 10.9 Å². The van der Waals surface area contributed by atoms with Gasteiger partial charge in [0.2, 0.25) is 5.91 Å². The van der Waals surface area contributed by atoms with Crippen LogP contribution in [0.4, 0.5) is 0 Å².